The van der Waals surface area contributed by atoms with Gasteiger partial charge in [-0.15, -0.1) is 0 Å². The molecule has 0 bridgehead atoms. The van der Waals surface area contributed by atoms with Gasteiger partial charge < -0.3 is 19.7 Å². The number of halogens is 1. The highest BCUT2D eigenvalue weighted by Gasteiger charge is 2.16. The van der Waals surface area contributed by atoms with Crippen molar-refractivity contribution in [2.24, 2.45) is 0 Å². The van der Waals surface area contributed by atoms with E-state index in [4.69, 9.17) is 9.47 Å². The standard InChI is InChI=1S/C19H21FN2O3/c1-24-18-7-6-15(20)12-14(18)13-19(23)21-16-4-2-3-5-17(16)22-8-10-25-11-9-22/h2-7,12H,8-11,13H2,1H3,(H,21,23). The molecule has 132 valence electrons. The predicted molar refractivity (Wildman–Crippen MR) is 94.8 cm³/mol. The lowest BCUT2D eigenvalue weighted by Crippen LogP contribution is -2.36. The van der Waals surface area contributed by atoms with Crippen LogP contribution in [0.15, 0.2) is 42.5 Å². The van der Waals surface area contributed by atoms with Crippen molar-refractivity contribution >= 4 is 17.3 Å². The number of hydrogen-bond donors (Lipinski definition) is 1. The zero-order valence-electron chi connectivity index (χ0n) is 14.1. The molecule has 6 heteroatoms. The molecular formula is C19H21FN2O3. The van der Waals surface area contributed by atoms with Gasteiger partial charge in [0.2, 0.25) is 5.91 Å². The van der Waals surface area contributed by atoms with Crippen LogP contribution in [-0.2, 0) is 16.0 Å². The Morgan fingerprint density at radius 3 is 2.76 bits per heavy atom. The topological polar surface area (TPSA) is 50.8 Å². The van der Waals surface area contributed by atoms with Crippen LogP contribution in [0.4, 0.5) is 15.8 Å². The van der Waals surface area contributed by atoms with Gasteiger partial charge in [-0.25, -0.2) is 4.39 Å². The Morgan fingerprint density at radius 2 is 2.00 bits per heavy atom. The largest absolute Gasteiger partial charge is 0.496 e. The van der Waals surface area contributed by atoms with Crippen molar-refractivity contribution in [3.8, 4) is 5.75 Å². The van der Waals surface area contributed by atoms with Gasteiger partial charge in [0.15, 0.2) is 0 Å². The summed E-state index contributed by atoms with van der Waals surface area (Å²) in [5.74, 6) is -0.111. The maximum Gasteiger partial charge on any atom is 0.228 e. The molecule has 0 atom stereocenters. The minimum absolute atomic E-state index is 0.0401. The molecule has 1 heterocycles. The summed E-state index contributed by atoms with van der Waals surface area (Å²) >= 11 is 0. The molecule has 25 heavy (non-hydrogen) atoms. The predicted octanol–water partition coefficient (Wildman–Crippen LogP) is 2.85. The van der Waals surface area contributed by atoms with Gasteiger partial charge in [0.05, 0.1) is 38.1 Å². The lowest BCUT2D eigenvalue weighted by Gasteiger charge is -2.30. The third kappa shape index (κ3) is 4.28. The molecule has 0 aliphatic carbocycles. The van der Waals surface area contributed by atoms with Crippen molar-refractivity contribution in [3.05, 3.63) is 53.8 Å². The molecule has 3 rings (SSSR count). The van der Waals surface area contributed by atoms with Gasteiger partial charge in [0.1, 0.15) is 11.6 Å². The summed E-state index contributed by atoms with van der Waals surface area (Å²) in [4.78, 5) is 14.6. The van der Waals surface area contributed by atoms with Crippen LogP contribution in [-0.4, -0.2) is 39.3 Å². The Bertz CT molecular complexity index is 745. The summed E-state index contributed by atoms with van der Waals surface area (Å²) in [6.45, 7) is 2.90. The summed E-state index contributed by atoms with van der Waals surface area (Å²) in [5.41, 5.74) is 2.22. The number of ether oxygens (including phenoxy) is 2. The summed E-state index contributed by atoms with van der Waals surface area (Å²) < 4.78 is 24.0. The van der Waals surface area contributed by atoms with E-state index in [9.17, 15) is 9.18 Å². The number of para-hydroxylation sites is 2. The van der Waals surface area contributed by atoms with Crippen LogP contribution in [0.5, 0.6) is 5.75 Å². The number of anilines is 2. The maximum atomic E-state index is 13.5. The van der Waals surface area contributed by atoms with Gasteiger partial charge in [-0.3, -0.25) is 4.79 Å². The highest BCUT2D eigenvalue weighted by Crippen LogP contribution is 2.27. The van der Waals surface area contributed by atoms with Gasteiger partial charge >= 0.3 is 0 Å². The fraction of sp³-hybridized carbons (Fsp3) is 0.316. The molecule has 1 saturated heterocycles. The number of benzene rings is 2. The lowest BCUT2D eigenvalue weighted by atomic mass is 10.1. The number of methoxy groups -OCH3 is 1. The molecule has 1 aliphatic heterocycles. The Kier molecular flexibility index (Phi) is 5.50. The lowest BCUT2D eigenvalue weighted by molar-refractivity contribution is -0.115. The number of rotatable bonds is 5. The number of nitrogens with one attached hydrogen (secondary N) is 1. The van der Waals surface area contributed by atoms with Gasteiger partial charge in [-0.05, 0) is 30.3 Å². The van der Waals surface area contributed by atoms with E-state index in [-0.39, 0.29) is 12.3 Å². The summed E-state index contributed by atoms with van der Waals surface area (Å²) in [6, 6.07) is 11.8. The normalized spacial score (nSPS) is 14.2. The van der Waals surface area contributed by atoms with E-state index >= 15 is 0 Å². The first-order valence-corrected chi connectivity index (χ1v) is 8.21. The van der Waals surface area contributed by atoms with Crippen LogP contribution in [0, 0.1) is 5.82 Å². The van der Waals surface area contributed by atoms with Gasteiger partial charge in [0.25, 0.3) is 0 Å². The van der Waals surface area contributed by atoms with Crippen molar-refractivity contribution in [1.29, 1.82) is 0 Å². The first-order valence-electron chi connectivity index (χ1n) is 8.21. The number of morpholine rings is 1. The Morgan fingerprint density at radius 1 is 1.24 bits per heavy atom. The van der Waals surface area contributed by atoms with E-state index in [2.05, 4.69) is 10.2 Å². The second-order valence-electron chi connectivity index (χ2n) is 5.80. The molecule has 0 spiro atoms. The van der Waals surface area contributed by atoms with Crippen LogP contribution < -0.4 is 15.0 Å². The van der Waals surface area contributed by atoms with E-state index in [1.165, 1.54) is 25.3 Å². The van der Waals surface area contributed by atoms with Crippen LogP contribution in [0.3, 0.4) is 0 Å². The smallest absolute Gasteiger partial charge is 0.228 e. The van der Waals surface area contributed by atoms with Crippen LogP contribution in [0.2, 0.25) is 0 Å². The van der Waals surface area contributed by atoms with E-state index in [1.807, 2.05) is 24.3 Å². The SMILES string of the molecule is COc1ccc(F)cc1CC(=O)Nc1ccccc1N1CCOCC1. The molecule has 0 aromatic heterocycles. The Labute approximate surface area is 146 Å². The molecule has 0 saturated carbocycles. The van der Waals surface area contributed by atoms with E-state index in [1.54, 1.807) is 0 Å². The zero-order valence-corrected chi connectivity index (χ0v) is 14.1. The minimum atomic E-state index is -0.391. The fourth-order valence-electron chi connectivity index (χ4n) is 2.91. The van der Waals surface area contributed by atoms with Gasteiger partial charge in [0, 0.05) is 18.7 Å². The van der Waals surface area contributed by atoms with Gasteiger partial charge in [-0.2, -0.15) is 0 Å². The minimum Gasteiger partial charge on any atom is -0.496 e. The van der Waals surface area contributed by atoms with Crippen LogP contribution in [0.25, 0.3) is 0 Å². The number of nitrogens with zero attached hydrogens (tertiary/aromatic N) is 1. The highest BCUT2D eigenvalue weighted by molar-refractivity contribution is 5.95. The number of amides is 1. The molecule has 1 amide bonds. The molecule has 1 fully saturated rings. The Hall–Kier alpha value is -2.60. The molecular weight excluding hydrogens is 323 g/mol. The molecule has 1 aliphatic rings. The molecule has 5 nitrogen and oxygen atoms in total. The third-order valence-corrected chi connectivity index (χ3v) is 4.12. The van der Waals surface area contributed by atoms with Crippen LogP contribution in [0.1, 0.15) is 5.56 Å². The molecule has 2 aromatic carbocycles. The summed E-state index contributed by atoms with van der Waals surface area (Å²) in [6.07, 6.45) is 0.0401. The zero-order chi connectivity index (χ0) is 17.6. The van der Waals surface area contributed by atoms with E-state index < -0.39 is 5.82 Å². The highest BCUT2D eigenvalue weighted by atomic mass is 19.1. The summed E-state index contributed by atoms with van der Waals surface area (Å²) in [7, 11) is 1.50. The second-order valence-corrected chi connectivity index (χ2v) is 5.80. The monoisotopic (exact) mass is 344 g/mol. The fourth-order valence-corrected chi connectivity index (χ4v) is 2.91. The third-order valence-electron chi connectivity index (χ3n) is 4.12. The number of hydrogen-bond acceptors (Lipinski definition) is 4. The summed E-state index contributed by atoms with van der Waals surface area (Å²) in [5, 5.41) is 2.93. The van der Waals surface area contributed by atoms with Crippen molar-refractivity contribution in [1.82, 2.24) is 0 Å². The quantitative estimate of drug-likeness (QED) is 0.906. The molecule has 1 N–H and O–H groups in total. The maximum absolute atomic E-state index is 13.5. The number of carbonyl (C=O) groups is 1. The Balaban J connectivity index is 1.74. The molecule has 0 unspecified atom stereocenters. The van der Waals surface area contributed by atoms with Crippen molar-refractivity contribution in [3.63, 3.8) is 0 Å². The van der Waals surface area contributed by atoms with Crippen molar-refractivity contribution in [2.75, 3.05) is 43.6 Å². The first kappa shape index (κ1) is 17.2. The van der Waals surface area contributed by atoms with Gasteiger partial charge in [-0.1, -0.05) is 12.1 Å². The second kappa shape index (κ2) is 7.98. The first-order chi connectivity index (χ1) is 12.2. The van der Waals surface area contributed by atoms with Crippen LogP contribution >= 0.6 is 0 Å². The molecule has 2 aromatic rings. The molecule has 0 radical (unpaired) electrons. The van der Waals surface area contributed by atoms with Crippen molar-refractivity contribution in [2.45, 2.75) is 6.42 Å². The average molecular weight is 344 g/mol. The van der Waals surface area contributed by atoms with E-state index in [0.29, 0.717) is 24.5 Å². The van der Waals surface area contributed by atoms with E-state index in [0.717, 1.165) is 24.5 Å². The number of carbonyl (C=O) groups excluding carboxylic acids is 1. The average Bonchev–Trinajstić information content (AvgIpc) is 2.63. The van der Waals surface area contributed by atoms with Crippen molar-refractivity contribution < 1.29 is 18.7 Å².